The average molecular weight is 398 g/mol. The number of hydrogen-bond donors (Lipinski definition) is 1. The molecule has 0 unspecified atom stereocenters. The van der Waals surface area contributed by atoms with Gasteiger partial charge >= 0.3 is 0 Å². The van der Waals surface area contributed by atoms with Crippen molar-refractivity contribution < 1.29 is 13.9 Å². The Bertz CT molecular complexity index is 935. The molecule has 0 aliphatic carbocycles. The van der Waals surface area contributed by atoms with E-state index in [1.165, 1.54) is 11.8 Å². The third-order valence-corrected chi connectivity index (χ3v) is 4.93. The van der Waals surface area contributed by atoms with Crippen LogP contribution in [0.3, 0.4) is 0 Å². The summed E-state index contributed by atoms with van der Waals surface area (Å²) in [4.78, 5) is 12.1. The molecule has 3 rings (SSSR count). The van der Waals surface area contributed by atoms with Crippen LogP contribution in [0, 0.1) is 13.8 Å². The molecule has 0 fully saturated rings. The van der Waals surface area contributed by atoms with Crippen LogP contribution in [-0.4, -0.2) is 35.5 Å². The normalized spacial score (nSPS) is 10.7. The molecule has 1 amide bonds. The van der Waals surface area contributed by atoms with E-state index in [1.807, 2.05) is 50.2 Å². The van der Waals surface area contributed by atoms with Crippen molar-refractivity contribution in [3.05, 3.63) is 59.2 Å². The van der Waals surface area contributed by atoms with Gasteiger partial charge in [0.25, 0.3) is 5.22 Å². The van der Waals surface area contributed by atoms with Gasteiger partial charge in [-0.3, -0.25) is 4.79 Å². The lowest BCUT2D eigenvalue weighted by molar-refractivity contribution is -0.118. The summed E-state index contributed by atoms with van der Waals surface area (Å²) in [5.74, 6) is 1.44. The van der Waals surface area contributed by atoms with Crippen LogP contribution in [0.1, 0.15) is 16.7 Å². The molecule has 1 heterocycles. The molecule has 0 aliphatic rings. The van der Waals surface area contributed by atoms with Crippen LogP contribution in [0.4, 0.5) is 0 Å². The molecule has 0 aliphatic heterocycles. The number of benzene rings is 2. The minimum atomic E-state index is -0.0777. The lowest BCUT2D eigenvalue weighted by atomic mass is 10.1. The Morgan fingerprint density at radius 3 is 2.64 bits per heavy atom. The number of aryl methyl sites for hydroxylation is 2. The molecule has 0 spiro atoms. The number of hydrogen-bond acceptors (Lipinski definition) is 6. The van der Waals surface area contributed by atoms with E-state index in [1.54, 1.807) is 7.11 Å². The van der Waals surface area contributed by atoms with Gasteiger partial charge in [-0.1, -0.05) is 47.2 Å². The summed E-state index contributed by atoms with van der Waals surface area (Å²) in [5.41, 5.74) is 4.22. The number of carbonyl (C=O) groups is 1. The van der Waals surface area contributed by atoms with Crippen molar-refractivity contribution in [2.75, 3.05) is 19.4 Å². The predicted molar refractivity (Wildman–Crippen MR) is 110 cm³/mol. The van der Waals surface area contributed by atoms with Crippen molar-refractivity contribution in [2.24, 2.45) is 0 Å². The van der Waals surface area contributed by atoms with Crippen LogP contribution in [0.25, 0.3) is 11.5 Å². The lowest BCUT2D eigenvalue weighted by Crippen LogP contribution is -2.27. The van der Waals surface area contributed by atoms with Crippen LogP contribution in [0.15, 0.2) is 52.1 Å². The Labute approximate surface area is 168 Å². The fourth-order valence-electron chi connectivity index (χ4n) is 2.91. The molecule has 3 aromatic rings. The minimum absolute atomic E-state index is 0.0777. The molecule has 0 radical (unpaired) electrons. The lowest BCUT2D eigenvalue weighted by Gasteiger charge is -2.08. The molecule has 28 heavy (non-hydrogen) atoms. The summed E-state index contributed by atoms with van der Waals surface area (Å²) in [7, 11) is 1.64. The Morgan fingerprint density at radius 1 is 1.14 bits per heavy atom. The molecular weight excluding hydrogens is 374 g/mol. The zero-order valence-electron chi connectivity index (χ0n) is 16.2. The summed E-state index contributed by atoms with van der Waals surface area (Å²) in [6, 6.07) is 13.9. The van der Waals surface area contributed by atoms with Gasteiger partial charge in [0.15, 0.2) is 0 Å². The third-order valence-electron chi connectivity index (χ3n) is 4.11. The average Bonchev–Trinajstić information content (AvgIpc) is 3.15. The minimum Gasteiger partial charge on any atom is -0.496 e. The summed E-state index contributed by atoms with van der Waals surface area (Å²) in [5, 5.41) is 11.4. The zero-order valence-corrected chi connectivity index (χ0v) is 17.0. The number of nitrogens with zero attached hydrogens (tertiary/aromatic N) is 2. The van der Waals surface area contributed by atoms with Gasteiger partial charge in [-0.25, -0.2) is 0 Å². The van der Waals surface area contributed by atoms with E-state index < -0.39 is 0 Å². The van der Waals surface area contributed by atoms with Crippen molar-refractivity contribution in [2.45, 2.75) is 25.5 Å². The number of carbonyl (C=O) groups excluding carboxylic acids is 1. The van der Waals surface area contributed by atoms with E-state index >= 15 is 0 Å². The highest BCUT2D eigenvalue weighted by molar-refractivity contribution is 7.99. The number of para-hydroxylation sites is 1. The van der Waals surface area contributed by atoms with E-state index in [2.05, 4.69) is 21.6 Å². The fraction of sp³-hybridized carbons (Fsp3) is 0.286. The van der Waals surface area contributed by atoms with E-state index in [0.29, 0.717) is 24.1 Å². The van der Waals surface area contributed by atoms with Crippen molar-refractivity contribution in [3.63, 3.8) is 0 Å². The SMILES string of the molecule is COc1ccccc1CCNC(=O)CSc1nnc(-c2cc(C)cc(C)c2)o1. The van der Waals surface area contributed by atoms with Crippen LogP contribution in [-0.2, 0) is 11.2 Å². The molecule has 1 N–H and O–H groups in total. The monoisotopic (exact) mass is 397 g/mol. The number of methoxy groups -OCH3 is 1. The van der Waals surface area contributed by atoms with Crippen molar-refractivity contribution in [1.29, 1.82) is 0 Å². The van der Waals surface area contributed by atoms with Crippen molar-refractivity contribution in [3.8, 4) is 17.2 Å². The van der Waals surface area contributed by atoms with Gasteiger partial charge in [0, 0.05) is 12.1 Å². The van der Waals surface area contributed by atoms with Gasteiger partial charge < -0.3 is 14.5 Å². The molecule has 0 saturated heterocycles. The van der Waals surface area contributed by atoms with Gasteiger partial charge in [0.2, 0.25) is 11.8 Å². The largest absolute Gasteiger partial charge is 0.496 e. The second-order valence-corrected chi connectivity index (χ2v) is 7.38. The maximum Gasteiger partial charge on any atom is 0.277 e. The van der Waals surface area contributed by atoms with Crippen molar-refractivity contribution >= 4 is 17.7 Å². The second-order valence-electron chi connectivity index (χ2n) is 6.45. The van der Waals surface area contributed by atoms with E-state index in [-0.39, 0.29) is 11.7 Å². The number of thioether (sulfide) groups is 1. The predicted octanol–water partition coefficient (Wildman–Crippen LogP) is 3.81. The van der Waals surface area contributed by atoms with Crippen LogP contribution in [0.5, 0.6) is 5.75 Å². The molecule has 0 atom stereocenters. The molecule has 2 aromatic carbocycles. The molecule has 6 nitrogen and oxygen atoms in total. The quantitative estimate of drug-likeness (QED) is 0.583. The number of nitrogens with one attached hydrogen (secondary N) is 1. The van der Waals surface area contributed by atoms with Gasteiger partial charge in [0.1, 0.15) is 5.75 Å². The summed E-state index contributed by atoms with van der Waals surface area (Å²) < 4.78 is 11.0. The smallest absolute Gasteiger partial charge is 0.277 e. The molecule has 0 saturated carbocycles. The first-order valence-corrected chi connectivity index (χ1v) is 9.97. The summed E-state index contributed by atoms with van der Waals surface area (Å²) in [6.07, 6.45) is 0.706. The first-order valence-electron chi connectivity index (χ1n) is 8.98. The van der Waals surface area contributed by atoms with Gasteiger partial charge in [-0.05, 0) is 44.0 Å². The van der Waals surface area contributed by atoms with Crippen molar-refractivity contribution in [1.82, 2.24) is 15.5 Å². The highest BCUT2D eigenvalue weighted by atomic mass is 32.2. The Hall–Kier alpha value is -2.80. The maximum absolute atomic E-state index is 12.1. The van der Waals surface area contributed by atoms with Gasteiger partial charge in [-0.2, -0.15) is 0 Å². The molecule has 1 aromatic heterocycles. The van der Waals surface area contributed by atoms with E-state index in [0.717, 1.165) is 28.0 Å². The second kappa shape index (κ2) is 9.41. The number of amides is 1. The van der Waals surface area contributed by atoms with Crippen LogP contribution >= 0.6 is 11.8 Å². The number of rotatable bonds is 8. The first kappa shape index (κ1) is 19.9. The molecular formula is C21H23N3O3S. The topological polar surface area (TPSA) is 77.2 Å². The summed E-state index contributed by atoms with van der Waals surface area (Å²) in [6.45, 7) is 4.59. The van der Waals surface area contributed by atoms with Crippen LogP contribution < -0.4 is 10.1 Å². The number of aromatic nitrogens is 2. The highest BCUT2D eigenvalue weighted by Crippen LogP contribution is 2.24. The first-order chi connectivity index (χ1) is 13.5. The van der Waals surface area contributed by atoms with E-state index in [9.17, 15) is 4.79 Å². The molecule has 146 valence electrons. The Morgan fingerprint density at radius 2 is 1.89 bits per heavy atom. The Balaban J connectivity index is 1.48. The highest BCUT2D eigenvalue weighted by Gasteiger charge is 2.12. The van der Waals surface area contributed by atoms with E-state index in [4.69, 9.17) is 9.15 Å². The third kappa shape index (κ3) is 5.36. The maximum atomic E-state index is 12.1. The van der Waals surface area contributed by atoms with Crippen LogP contribution in [0.2, 0.25) is 0 Å². The van der Waals surface area contributed by atoms with Gasteiger partial charge in [-0.15, -0.1) is 10.2 Å². The number of ether oxygens (including phenoxy) is 1. The Kier molecular flexibility index (Phi) is 6.71. The summed E-state index contributed by atoms with van der Waals surface area (Å²) >= 11 is 1.23. The molecule has 7 heteroatoms. The zero-order chi connectivity index (χ0) is 19.9. The fourth-order valence-corrected chi connectivity index (χ4v) is 3.50. The molecule has 0 bridgehead atoms. The standard InChI is InChI=1S/C21H23N3O3S/c1-14-10-15(2)12-17(11-14)20-23-24-21(27-20)28-13-19(25)22-9-8-16-6-4-5-7-18(16)26-3/h4-7,10-12H,8-9,13H2,1-3H3,(H,22,25). The van der Waals surface area contributed by atoms with Gasteiger partial charge in [0.05, 0.1) is 12.9 Å².